The number of nitrogens with zero attached hydrogens (tertiary/aromatic N) is 3. The number of hydrogen-bond donors (Lipinski definition) is 0. The maximum absolute atomic E-state index is 12.1. The number of amides is 1. The van der Waals surface area contributed by atoms with Gasteiger partial charge < -0.3 is 19.4 Å². The van der Waals surface area contributed by atoms with Crippen LogP contribution < -0.4 is 0 Å². The molecule has 0 aliphatic carbocycles. The average Bonchev–Trinajstić information content (AvgIpc) is 2.30. The highest BCUT2D eigenvalue weighted by molar-refractivity contribution is 5.68. The second-order valence-electron chi connectivity index (χ2n) is 6.07. The van der Waals surface area contributed by atoms with E-state index in [1.165, 1.54) is 0 Å². The molecule has 1 rings (SSSR count). The molecule has 0 saturated carbocycles. The van der Waals surface area contributed by atoms with E-state index in [0.29, 0.717) is 0 Å². The quantitative estimate of drug-likeness (QED) is 0.651. The lowest BCUT2D eigenvalue weighted by molar-refractivity contribution is 0.0236. The van der Waals surface area contributed by atoms with E-state index in [1.807, 2.05) is 25.7 Å². The molecule has 0 aromatic rings. The second kappa shape index (κ2) is 6.38. The van der Waals surface area contributed by atoms with Crippen LogP contribution in [0.2, 0.25) is 0 Å². The molecule has 0 aromatic heterocycles. The molecule has 1 saturated heterocycles. The Morgan fingerprint density at radius 3 is 1.67 bits per heavy atom. The fourth-order valence-corrected chi connectivity index (χ4v) is 1.77. The summed E-state index contributed by atoms with van der Waals surface area (Å²) in [5, 5.41) is 0. The second-order valence-corrected chi connectivity index (χ2v) is 6.07. The minimum Gasteiger partial charge on any atom is -0.444 e. The van der Waals surface area contributed by atoms with Crippen LogP contribution in [0.15, 0.2) is 0 Å². The lowest BCUT2D eigenvalue weighted by atomic mass is 10.2. The fourth-order valence-electron chi connectivity index (χ4n) is 1.77. The lowest BCUT2D eigenvalue weighted by Crippen LogP contribution is -2.42. The summed E-state index contributed by atoms with van der Waals surface area (Å²) < 4.78 is 5.43. The Morgan fingerprint density at radius 2 is 1.28 bits per heavy atom. The van der Waals surface area contributed by atoms with E-state index in [4.69, 9.17) is 4.74 Å². The van der Waals surface area contributed by atoms with Crippen LogP contribution in [0.25, 0.3) is 0 Å². The van der Waals surface area contributed by atoms with Crippen molar-refractivity contribution in [2.75, 3.05) is 53.4 Å². The molecule has 18 heavy (non-hydrogen) atoms. The molecule has 1 amide bonds. The van der Waals surface area contributed by atoms with Crippen LogP contribution in [0.3, 0.4) is 0 Å². The van der Waals surface area contributed by atoms with Gasteiger partial charge in [-0.2, -0.15) is 0 Å². The number of hydrogen-bond acceptors (Lipinski definition) is 4. The van der Waals surface area contributed by atoms with Crippen LogP contribution in [0.1, 0.15) is 20.8 Å². The lowest BCUT2D eigenvalue weighted by Gasteiger charge is -2.28. The summed E-state index contributed by atoms with van der Waals surface area (Å²) in [7, 11) is 4.18. The Labute approximate surface area is 111 Å². The van der Waals surface area contributed by atoms with Crippen molar-refractivity contribution in [2.24, 2.45) is 0 Å². The van der Waals surface area contributed by atoms with Gasteiger partial charge in [0.25, 0.3) is 0 Å². The molecule has 106 valence electrons. The molecule has 0 spiro atoms. The minimum atomic E-state index is -0.423. The van der Waals surface area contributed by atoms with E-state index < -0.39 is 5.60 Å². The van der Waals surface area contributed by atoms with Crippen molar-refractivity contribution in [3.63, 3.8) is 0 Å². The largest absolute Gasteiger partial charge is 0.444 e. The molecular weight excluding hydrogens is 230 g/mol. The van der Waals surface area contributed by atoms with Gasteiger partial charge in [-0.15, -0.1) is 0 Å². The molecular formula is C13H27N3O2. The smallest absolute Gasteiger partial charge is 0.410 e. The predicted octanol–water partition coefficient (Wildman–Crippen LogP) is 1.10. The van der Waals surface area contributed by atoms with Crippen LogP contribution in [-0.2, 0) is 4.74 Å². The van der Waals surface area contributed by atoms with Gasteiger partial charge in [0.05, 0.1) is 0 Å². The normalized spacial score (nSPS) is 21.1. The maximum Gasteiger partial charge on any atom is 0.410 e. The van der Waals surface area contributed by atoms with E-state index >= 15 is 0 Å². The number of likely N-dealkylation sites (N-methyl/N-ethyl adjacent to an activating group) is 2. The Kier molecular flexibility index (Phi) is 5.41. The maximum atomic E-state index is 12.1. The molecule has 5 heteroatoms. The molecule has 0 atom stereocenters. The molecule has 0 aromatic carbocycles. The molecule has 1 heterocycles. The molecule has 0 unspecified atom stereocenters. The zero-order chi connectivity index (χ0) is 13.8. The molecule has 1 aliphatic heterocycles. The third kappa shape index (κ3) is 5.69. The van der Waals surface area contributed by atoms with Crippen molar-refractivity contribution in [2.45, 2.75) is 26.4 Å². The Morgan fingerprint density at radius 1 is 0.889 bits per heavy atom. The van der Waals surface area contributed by atoms with Gasteiger partial charge in [0.15, 0.2) is 0 Å². The molecule has 1 fully saturated rings. The number of carbonyl (C=O) groups is 1. The van der Waals surface area contributed by atoms with E-state index in [0.717, 1.165) is 39.3 Å². The highest BCUT2D eigenvalue weighted by Crippen LogP contribution is 2.10. The van der Waals surface area contributed by atoms with Crippen molar-refractivity contribution >= 4 is 6.09 Å². The van der Waals surface area contributed by atoms with Gasteiger partial charge in [0.2, 0.25) is 0 Å². The fraction of sp³-hybridized carbons (Fsp3) is 0.923. The van der Waals surface area contributed by atoms with Crippen molar-refractivity contribution in [3.05, 3.63) is 0 Å². The zero-order valence-corrected chi connectivity index (χ0v) is 12.4. The van der Waals surface area contributed by atoms with E-state index in [9.17, 15) is 4.79 Å². The van der Waals surface area contributed by atoms with Crippen molar-refractivity contribution in [3.8, 4) is 0 Å². The monoisotopic (exact) mass is 257 g/mol. The molecule has 0 radical (unpaired) electrons. The number of rotatable bonds is 0. The Hall–Kier alpha value is -0.810. The number of ether oxygens (including phenoxy) is 1. The zero-order valence-electron chi connectivity index (χ0n) is 12.4. The van der Waals surface area contributed by atoms with Crippen molar-refractivity contribution < 1.29 is 9.53 Å². The first-order chi connectivity index (χ1) is 8.28. The molecule has 0 bridgehead atoms. The molecule has 1 aliphatic rings. The summed E-state index contributed by atoms with van der Waals surface area (Å²) in [6.07, 6.45) is -0.203. The van der Waals surface area contributed by atoms with Gasteiger partial charge >= 0.3 is 6.09 Å². The third-order valence-electron chi connectivity index (χ3n) is 3.02. The van der Waals surface area contributed by atoms with Crippen LogP contribution >= 0.6 is 0 Å². The molecule has 5 nitrogen and oxygen atoms in total. The average molecular weight is 257 g/mol. The third-order valence-corrected chi connectivity index (χ3v) is 3.02. The SMILES string of the molecule is CN1CCN(C)CCN(C(=O)OC(C)(C)C)CC1. The summed E-state index contributed by atoms with van der Waals surface area (Å²) in [6.45, 7) is 11.0. The summed E-state index contributed by atoms with van der Waals surface area (Å²) in [5.74, 6) is 0. The van der Waals surface area contributed by atoms with Crippen molar-refractivity contribution in [1.29, 1.82) is 0 Å². The van der Waals surface area contributed by atoms with Crippen LogP contribution in [0.4, 0.5) is 4.79 Å². The van der Waals surface area contributed by atoms with E-state index in [1.54, 1.807) is 0 Å². The highest BCUT2D eigenvalue weighted by atomic mass is 16.6. The summed E-state index contributed by atoms with van der Waals surface area (Å²) in [4.78, 5) is 18.4. The summed E-state index contributed by atoms with van der Waals surface area (Å²) in [5.41, 5.74) is -0.423. The van der Waals surface area contributed by atoms with Gasteiger partial charge in [0.1, 0.15) is 5.60 Å². The van der Waals surface area contributed by atoms with Gasteiger partial charge in [-0.1, -0.05) is 0 Å². The highest BCUT2D eigenvalue weighted by Gasteiger charge is 2.23. The van der Waals surface area contributed by atoms with E-state index in [-0.39, 0.29) is 6.09 Å². The number of carbonyl (C=O) groups excluding carboxylic acids is 1. The molecule has 0 N–H and O–H groups in total. The first-order valence-electron chi connectivity index (χ1n) is 6.63. The van der Waals surface area contributed by atoms with E-state index in [2.05, 4.69) is 23.9 Å². The summed E-state index contributed by atoms with van der Waals surface area (Å²) >= 11 is 0. The van der Waals surface area contributed by atoms with Crippen LogP contribution in [0.5, 0.6) is 0 Å². The Bertz CT molecular complexity index is 262. The van der Waals surface area contributed by atoms with Gasteiger partial charge in [0, 0.05) is 39.3 Å². The first kappa shape index (κ1) is 15.2. The summed E-state index contributed by atoms with van der Waals surface area (Å²) in [6, 6.07) is 0. The van der Waals surface area contributed by atoms with Crippen LogP contribution in [0, 0.1) is 0 Å². The van der Waals surface area contributed by atoms with Gasteiger partial charge in [-0.05, 0) is 34.9 Å². The van der Waals surface area contributed by atoms with Gasteiger partial charge in [-0.25, -0.2) is 4.79 Å². The standard InChI is InChI=1S/C13H27N3O2/c1-13(2,3)18-12(17)16-10-8-14(4)6-7-15(5)9-11-16/h6-11H2,1-5H3. The topological polar surface area (TPSA) is 36.0 Å². The minimum absolute atomic E-state index is 0.203. The van der Waals surface area contributed by atoms with Crippen LogP contribution in [-0.4, -0.2) is 79.8 Å². The predicted molar refractivity (Wildman–Crippen MR) is 72.8 cm³/mol. The van der Waals surface area contributed by atoms with Gasteiger partial charge in [-0.3, -0.25) is 0 Å². The van der Waals surface area contributed by atoms with Crippen molar-refractivity contribution in [1.82, 2.24) is 14.7 Å². The Balaban J connectivity index is 2.58. The first-order valence-corrected chi connectivity index (χ1v) is 6.63.